The summed E-state index contributed by atoms with van der Waals surface area (Å²) in [7, 11) is 0. The maximum Gasteiger partial charge on any atom is 0.345 e. The second-order valence-corrected chi connectivity index (χ2v) is 15.1. The van der Waals surface area contributed by atoms with Crippen molar-refractivity contribution in [2.45, 2.75) is 69.4 Å². The molecule has 3 fully saturated rings. The fourth-order valence-electron chi connectivity index (χ4n) is 6.76. The first-order valence-corrected chi connectivity index (χ1v) is 18.4. The van der Waals surface area contributed by atoms with Gasteiger partial charge in [-0.25, -0.2) is 4.79 Å². The summed E-state index contributed by atoms with van der Waals surface area (Å²) < 4.78 is 7.42. The number of rotatable bonds is 10. The van der Waals surface area contributed by atoms with Gasteiger partial charge < -0.3 is 31.1 Å². The number of aromatic carboxylic acids is 1. The Balaban J connectivity index is 0.000000277. The molecule has 2 aliphatic heterocycles. The van der Waals surface area contributed by atoms with Crippen LogP contribution in [0.15, 0.2) is 59.1 Å². The maximum atomic E-state index is 13.2. The number of piperidine rings is 1. The van der Waals surface area contributed by atoms with Crippen LogP contribution in [0, 0.1) is 11.8 Å². The minimum absolute atomic E-state index is 0.108. The first-order chi connectivity index (χ1) is 22.7. The predicted molar refractivity (Wildman–Crippen MR) is 190 cm³/mol. The average Bonchev–Trinajstić information content (AvgIpc) is 3.74. The van der Waals surface area contributed by atoms with E-state index in [1.165, 1.54) is 30.7 Å². The van der Waals surface area contributed by atoms with Crippen molar-refractivity contribution in [1.82, 2.24) is 15.5 Å². The van der Waals surface area contributed by atoms with Gasteiger partial charge in [0.2, 0.25) is 11.8 Å². The SMILES string of the molecule is NC1(C(=O)N[C@H](Cc2ccccc2)C(=O)NCC2CCN(CC3CCOCC3)CC2)CCCC1.O=C(O)c1cc2cccc(Br)c2s1. The third-order valence-corrected chi connectivity index (χ3v) is 11.8. The van der Waals surface area contributed by atoms with E-state index in [9.17, 15) is 14.4 Å². The highest BCUT2D eigenvalue weighted by Gasteiger charge is 2.39. The van der Waals surface area contributed by atoms with Crippen LogP contribution < -0.4 is 16.4 Å². The molecule has 5 N–H and O–H groups in total. The largest absolute Gasteiger partial charge is 0.477 e. The Morgan fingerprint density at radius 1 is 1.00 bits per heavy atom. The zero-order chi connectivity index (χ0) is 33.2. The van der Waals surface area contributed by atoms with Crippen molar-refractivity contribution in [1.29, 1.82) is 0 Å². The van der Waals surface area contributed by atoms with Crippen molar-refractivity contribution in [3.63, 3.8) is 0 Å². The fourth-order valence-corrected chi connectivity index (χ4v) is 8.29. The Hall–Kier alpha value is -2.83. The highest BCUT2D eigenvalue weighted by Crippen LogP contribution is 2.32. The van der Waals surface area contributed by atoms with Gasteiger partial charge in [-0.05, 0) is 102 Å². The summed E-state index contributed by atoms with van der Waals surface area (Å²) in [5.74, 6) is 0.0794. The summed E-state index contributed by atoms with van der Waals surface area (Å²) in [6.07, 6.45) is 8.33. The molecule has 6 rings (SSSR count). The van der Waals surface area contributed by atoms with Crippen molar-refractivity contribution in [3.8, 4) is 0 Å². The normalized spacial score (nSPS) is 19.4. The molecule has 1 atom stereocenters. The molecule has 11 heteroatoms. The van der Waals surface area contributed by atoms with E-state index in [-0.39, 0.29) is 11.8 Å². The number of hydrogen-bond acceptors (Lipinski definition) is 7. The lowest BCUT2D eigenvalue weighted by Gasteiger charge is -2.35. The number of fused-ring (bicyclic) bond motifs is 1. The number of carbonyl (C=O) groups is 3. The molecule has 2 amide bonds. The standard InChI is InChI=1S/C27H42N4O3.C9H5BrO2S/c28-27(12-4-5-13-27)26(33)30-24(18-21-6-2-1-3-7-21)25(32)29-19-22-8-14-31(15-9-22)20-23-10-16-34-17-11-23;10-6-3-1-2-5-4-7(9(11)12)13-8(5)6/h1-3,6-7,22-24H,4-5,8-20,28H2,(H,29,32)(H,30,33);1-4H,(H,11,12)/t24-;/m1./s1. The number of nitrogens with zero attached hydrogens (tertiary/aromatic N) is 1. The maximum absolute atomic E-state index is 13.2. The number of carbonyl (C=O) groups excluding carboxylic acids is 2. The minimum Gasteiger partial charge on any atom is -0.477 e. The summed E-state index contributed by atoms with van der Waals surface area (Å²) in [6.45, 7) is 5.83. The number of likely N-dealkylation sites (tertiary alicyclic amines) is 1. The lowest BCUT2D eigenvalue weighted by Crippen LogP contribution is -2.58. The van der Waals surface area contributed by atoms with E-state index in [1.807, 2.05) is 48.5 Å². The molecule has 1 saturated carbocycles. The molecule has 0 radical (unpaired) electrons. The van der Waals surface area contributed by atoms with Gasteiger partial charge in [0.1, 0.15) is 10.9 Å². The first kappa shape index (κ1) is 35.5. The molecular formula is C36H47BrN4O5S. The van der Waals surface area contributed by atoms with Crippen LogP contribution in [0.3, 0.4) is 0 Å². The molecule has 0 spiro atoms. The van der Waals surface area contributed by atoms with Crippen LogP contribution in [-0.2, 0) is 20.7 Å². The Morgan fingerprint density at radius 3 is 2.36 bits per heavy atom. The van der Waals surface area contributed by atoms with Gasteiger partial charge in [-0.1, -0.05) is 55.3 Å². The van der Waals surface area contributed by atoms with E-state index in [4.69, 9.17) is 15.6 Å². The van der Waals surface area contributed by atoms with Crippen LogP contribution in [0.25, 0.3) is 10.1 Å². The molecule has 3 heterocycles. The zero-order valence-electron chi connectivity index (χ0n) is 26.9. The molecule has 47 heavy (non-hydrogen) atoms. The number of halogens is 1. The molecule has 1 aliphatic carbocycles. The number of thiophene rings is 1. The summed E-state index contributed by atoms with van der Waals surface area (Å²) in [6, 6.07) is 16.7. The van der Waals surface area contributed by atoms with Gasteiger partial charge in [0.25, 0.3) is 0 Å². The van der Waals surface area contributed by atoms with Crippen LogP contribution in [0.5, 0.6) is 0 Å². The fraction of sp³-hybridized carbons (Fsp3) is 0.528. The van der Waals surface area contributed by atoms with Crippen LogP contribution >= 0.6 is 27.3 Å². The second-order valence-electron chi connectivity index (χ2n) is 13.2. The van der Waals surface area contributed by atoms with Crippen molar-refractivity contribution in [3.05, 3.63) is 69.5 Å². The van der Waals surface area contributed by atoms with E-state index in [0.29, 0.717) is 36.6 Å². The third-order valence-electron chi connectivity index (χ3n) is 9.69. The number of benzene rings is 2. The molecule has 0 bridgehead atoms. The molecule has 2 aromatic carbocycles. The van der Waals surface area contributed by atoms with E-state index in [1.54, 1.807) is 6.07 Å². The van der Waals surface area contributed by atoms with Crippen molar-refractivity contribution >= 4 is 55.1 Å². The van der Waals surface area contributed by atoms with Gasteiger partial charge in [-0.3, -0.25) is 9.59 Å². The number of nitrogens with two attached hydrogens (primary N) is 1. The number of amides is 2. The topological polar surface area (TPSA) is 134 Å². The number of ether oxygens (including phenoxy) is 1. The molecule has 3 aromatic rings. The number of carboxylic acids is 1. The number of nitrogens with one attached hydrogen (secondary N) is 2. The Morgan fingerprint density at radius 2 is 1.70 bits per heavy atom. The average molecular weight is 728 g/mol. The monoisotopic (exact) mass is 726 g/mol. The Kier molecular flexibility index (Phi) is 12.8. The Bertz CT molecular complexity index is 1480. The zero-order valence-corrected chi connectivity index (χ0v) is 29.3. The summed E-state index contributed by atoms with van der Waals surface area (Å²) in [4.78, 5) is 39.8. The van der Waals surface area contributed by atoms with Crippen LogP contribution in [0.2, 0.25) is 0 Å². The van der Waals surface area contributed by atoms with Crippen LogP contribution in [0.4, 0.5) is 0 Å². The minimum atomic E-state index is -0.867. The molecule has 2 saturated heterocycles. The van der Waals surface area contributed by atoms with Gasteiger partial charge in [0, 0.05) is 41.9 Å². The summed E-state index contributed by atoms with van der Waals surface area (Å²) in [5, 5.41) is 15.9. The molecule has 1 aromatic heterocycles. The second kappa shape index (κ2) is 17.0. The van der Waals surface area contributed by atoms with Crippen LogP contribution in [0.1, 0.15) is 66.6 Å². The third kappa shape index (κ3) is 10.1. The summed E-state index contributed by atoms with van der Waals surface area (Å²) in [5.41, 5.74) is 6.55. The predicted octanol–water partition coefficient (Wildman–Crippen LogP) is 5.60. The van der Waals surface area contributed by atoms with Gasteiger partial charge in [-0.2, -0.15) is 0 Å². The molecular weight excluding hydrogens is 680 g/mol. The first-order valence-electron chi connectivity index (χ1n) is 16.8. The quantitative estimate of drug-likeness (QED) is 0.214. The summed E-state index contributed by atoms with van der Waals surface area (Å²) >= 11 is 4.66. The van der Waals surface area contributed by atoms with Crippen molar-refractivity contribution in [2.75, 3.05) is 39.4 Å². The van der Waals surface area contributed by atoms with E-state index >= 15 is 0 Å². The smallest absolute Gasteiger partial charge is 0.345 e. The number of carboxylic acid groups (broad SMARTS) is 1. The Labute approximate surface area is 289 Å². The van der Waals surface area contributed by atoms with Crippen LogP contribution in [-0.4, -0.2) is 78.8 Å². The van der Waals surface area contributed by atoms with Gasteiger partial charge in [0.05, 0.1) is 5.54 Å². The molecule has 3 aliphatic rings. The van der Waals surface area contributed by atoms with E-state index < -0.39 is 17.6 Å². The highest BCUT2D eigenvalue weighted by molar-refractivity contribution is 9.10. The van der Waals surface area contributed by atoms with Gasteiger partial charge in [-0.15, -0.1) is 11.3 Å². The highest BCUT2D eigenvalue weighted by atomic mass is 79.9. The number of hydrogen-bond donors (Lipinski definition) is 4. The molecule has 0 unspecified atom stereocenters. The lowest BCUT2D eigenvalue weighted by molar-refractivity contribution is -0.132. The van der Waals surface area contributed by atoms with Gasteiger partial charge in [0.15, 0.2) is 0 Å². The van der Waals surface area contributed by atoms with E-state index in [0.717, 1.165) is 78.0 Å². The lowest BCUT2D eigenvalue weighted by atomic mass is 9.93. The van der Waals surface area contributed by atoms with E-state index in [2.05, 4.69) is 31.5 Å². The van der Waals surface area contributed by atoms with Crippen molar-refractivity contribution < 1.29 is 24.2 Å². The molecule has 9 nitrogen and oxygen atoms in total. The molecule has 254 valence electrons. The van der Waals surface area contributed by atoms with Gasteiger partial charge >= 0.3 is 5.97 Å². The van der Waals surface area contributed by atoms with Crippen molar-refractivity contribution in [2.24, 2.45) is 17.6 Å².